The molecule has 2 aliphatic rings. The van der Waals surface area contributed by atoms with Crippen molar-refractivity contribution in [2.24, 2.45) is 11.8 Å². The number of carbonyl (C=O) groups excluding carboxylic acids is 2. The fraction of sp³-hybridized carbons (Fsp3) is 0.261. The van der Waals surface area contributed by atoms with E-state index in [1.165, 1.54) is 18.7 Å². The zero-order valence-electron chi connectivity index (χ0n) is 16.3. The van der Waals surface area contributed by atoms with Crippen molar-refractivity contribution in [1.82, 2.24) is 14.8 Å². The smallest absolute Gasteiger partial charge is 0.257 e. The molecule has 152 valence electrons. The Balaban J connectivity index is 1.42. The molecular formula is C23H22N4O3. The Morgan fingerprint density at radius 2 is 1.80 bits per heavy atom. The van der Waals surface area contributed by atoms with E-state index in [1.54, 1.807) is 18.2 Å². The van der Waals surface area contributed by atoms with Crippen LogP contribution in [-0.2, 0) is 0 Å². The van der Waals surface area contributed by atoms with Gasteiger partial charge in [-0.05, 0) is 23.8 Å². The van der Waals surface area contributed by atoms with Crippen LogP contribution in [0.5, 0.6) is 0 Å². The third-order valence-corrected chi connectivity index (χ3v) is 6.15. The number of nitrogens with zero attached hydrogens (tertiary/aromatic N) is 3. The Kier molecular flexibility index (Phi) is 4.50. The van der Waals surface area contributed by atoms with Crippen molar-refractivity contribution >= 4 is 17.6 Å². The Hall–Kier alpha value is -3.61. The van der Waals surface area contributed by atoms with Crippen LogP contribution >= 0.6 is 0 Å². The third kappa shape index (κ3) is 3.12. The van der Waals surface area contributed by atoms with E-state index in [0.29, 0.717) is 36.6 Å². The molecule has 1 aromatic carbocycles. The highest BCUT2D eigenvalue weighted by Crippen LogP contribution is 2.45. The van der Waals surface area contributed by atoms with Gasteiger partial charge < -0.3 is 20.0 Å². The van der Waals surface area contributed by atoms with Crippen molar-refractivity contribution in [3.63, 3.8) is 0 Å². The van der Waals surface area contributed by atoms with Crippen LogP contribution in [0.2, 0.25) is 0 Å². The molecule has 5 rings (SSSR count). The fourth-order valence-corrected chi connectivity index (χ4v) is 4.76. The maximum atomic E-state index is 13.2. The van der Waals surface area contributed by atoms with Crippen LogP contribution in [0.3, 0.4) is 0 Å². The van der Waals surface area contributed by atoms with Gasteiger partial charge in [0.2, 0.25) is 0 Å². The lowest BCUT2D eigenvalue weighted by Gasteiger charge is -2.29. The van der Waals surface area contributed by atoms with Crippen molar-refractivity contribution in [3.8, 4) is 0 Å². The predicted molar refractivity (Wildman–Crippen MR) is 110 cm³/mol. The van der Waals surface area contributed by atoms with E-state index >= 15 is 0 Å². The molecule has 2 N–H and O–H groups in total. The topological polar surface area (TPSA) is 92.7 Å². The number of fused-ring (bicyclic) bond motifs is 1. The molecule has 3 atom stereocenters. The number of furan rings is 1. The summed E-state index contributed by atoms with van der Waals surface area (Å²) in [6, 6.07) is 15.0. The molecule has 0 bridgehead atoms. The highest BCUT2D eigenvalue weighted by molar-refractivity contribution is 5.95. The van der Waals surface area contributed by atoms with Gasteiger partial charge in [-0.2, -0.15) is 0 Å². The van der Waals surface area contributed by atoms with E-state index in [0.717, 1.165) is 5.56 Å². The molecular weight excluding hydrogens is 380 g/mol. The van der Waals surface area contributed by atoms with Crippen molar-refractivity contribution in [2.45, 2.75) is 6.04 Å². The average Bonchev–Trinajstić information content (AvgIpc) is 3.50. The largest absolute Gasteiger partial charge is 0.472 e. The van der Waals surface area contributed by atoms with Gasteiger partial charge in [0.05, 0.1) is 23.4 Å². The van der Waals surface area contributed by atoms with Crippen molar-refractivity contribution in [3.05, 3.63) is 83.9 Å². The molecule has 2 aliphatic heterocycles. The molecule has 7 heteroatoms. The van der Waals surface area contributed by atoms with E-state index in [4.69, 9.17) is 10.2 Å². The van der Waals surface area contributed by atoms with Gasteiger partial charge in [0.1, 0.15) is 12.1 Å². The number of rotatable bonds is 3. The van der Waals surface area contributed by atoms with Gasteiger partial charge in [0, 0.05) is 37.7 Å². The van der Waals surface area contributed by atoms with E-state index < -0.39 is 0 Å². The van der Waals surface area contributed by atoms with Crippen molar-refractivity contribution in [1.29, 1.82) is 0 Å². The molecule has 7 nitrogen and oxygen atoms in total. The van der Waals surface area contributed by atoms with Crippen LogP contribution in [0.1, 0.15) is 32.3 Å². The fourth-order valence-electron chi connectivity index (χ4n) is 4.76. The first-order valence-corrected chi connectivity index (χ1v) is 10.0. The molecule has 2 saturated heterocycles. The Morgan fingerprint density at radius 1 is 0.967 bits per heavy atom. The number of hydrogen-bond acceptors (Lipinski definition) is 5. The molecule has 0 saturated carbocycles. The number of anilines is 1. The minimum Gasteiger partial charge on any atom is -0.472 e. The van der Waals surface area contributed by atoms with Gasteiger partial charge >= 0.3 is 0 Å². The first-order chi connectivity index (χ1) is 14.6. The van der Waals surface area contributed by atoms with E-state index in [1.807, 2.05) is 28.0 Å². The van der Waals surface area contributed by atoms with Crippen LogP contribution < -0.4 is 5.73 Å². The lowest BCUT2D eigenvalue weighted by atomic mass is 9.89. The number of carbonyl (C=O) groups is 2. The van der Waals surface area contributed by atoms with Crippen LogP contribution in [0.4, 0.5) is 5.82 Å². The average molecular weight is 402 g/mol. The first-order valence-electron chi connectivity index (χ1n) is 10.0. The molecule has 0 radical (unpaired) electrons. The standard InChI is InChI=1S/C23H22N4O3/c24-20-7-6-16(10-25-20)22(28)26-11-18-12-27(23(29)17-8-9-30-14-17)21(19(18)13-26)15-4-2-1-3-5-15/h1-10,14,18-19,21H,11-13H2,(H2,24,25)/t18-,19-,21-/m0/s1. The number of nitrogens with two attached hydrogens (primary N) is 1. The Bertz CT molecular complexity index is 1050. The number of amides is 2. The summed E-state index contributed by atoms with van der Waals surface area (Å²) in [4.78, 5) is 34.0. The van der Waals surface area contributed by atoms with Crippen LogP contribution in [0, 0.1) is 11.8 Å². The number of hydrogen-bond donors (Lipinski definition) is 1. The maximum absolute atomic E-state index is 13.2. The normalized spacial score (nSPS) is 22.9. The van der Waals surface area contributed by atoms with Gasteiger partial charge in [0.15, 0.2) is 0 Å². The molecule has 4 heterocycles. The minimum absolute atomic E-state index is 0.0346. The first kappa shape index (κ1) is 18.4. The monoisotopic (exact) mass is 402 g/mol. The summed E-state index contributed by atoms with van der Waals surface area (Å²) in [6.45, 7) is 1.83. The highest BCUT2D eigenvalue weighted by Gasteiger charge is 2.50. The molecule has 2 amide bonds. The number of nitrogen functional groups attached to an aromatic ring is 1. The number of likely N-dealkylation sites (tertiary alicyclic amines) is 2. The zero-order chi connectivity index (χ0) is 20.7. The van der Waals surface area contributed by atoms with Crippen molar-refractivity contribution in [2.75, 3.05) is 25.4 Å². The summed E-state index contributed by atoms with van der Waals surface area (Å²) in [5.74, 6) is 0.706. The zero-order valence-corrected chi connectivity index (χ0v) is 16.3. The predicted octanol–water partition coefficient (Wildman–Crippen LogP) is 2.84. The summed E-state index contributed by atoms with van der Waals surface area (Å²) in [5.41, 5.74) is 7.82. The second kappa shape index (κ2) is 7.33. The Labute approximate surface area is 174 Å². The quantitative estimate of drug-likeness (QED) is 0.727. The molecule has 0 unspecified atom stereocenters. The van der Waals surface area contributed by atoms with Gasteiger partial charge in [-0.3, -0.25) is 9.59 Å². The van der Waals surface area contributed by atoms with Crippen LogP contribution in [0.25, 0.3) is 0 Å². The molecule has 30 heavy (non-hydrogen) atoms. The van der Waals surface area contributed by atoms with Gasteiger partial charge in [-0.25, -0.2) is 4.98 Å². The number of aromatic nitrogens is 1. The molecule has 0 spiro atoms. The van der Waals surface area contributed by atoms with Gasteiger partial charge in [0.25, 0.3) is 11.8 Å². The third-order valence-electron chi connectivity index (χ3n) is 6.15. The Morgan fingerprint density at radius 3 is 2.50 bits per heavy atom. The summed E-state index contributed by atoms with van der Waals surface area (Å²) in [5, 5.41) is 0. The molecule has 0 aliphatic carbocycles. The lowest BCUT2D eigenvalue weighted by molar-refractivity contribution is 0.0676. The maximum Gasteiger partial charge on any atom is 0.257 e. The van der Waals surface area contributed by atoms with Gasteiger partial charge in [-0.1, -0.05) is 30.3 Å². The van der Waals surface area contributed by atoms with Crippen LogP contribution in [-0.4, -0.2) is 46.2 Å². The summed E-state index contributed by atoms with van der Waals surface area (Å²) < 4.78 is 5.12. The van der Waals surface area contributed by atoms with E-state index in [9.17, 15) is 9.59 Å². The number of pyridine rings is 1. The summed E-state index contributed by atoms with van der Waals surface area (Å²) >= 11 is 0. The molecule has 2 aromatic heterocycles. The second-order valence-corrected chi connectivity index (χ2v) is 7.93. The minimum atomic E-state index is -0.0825. The van der Waals surface area contributed by atoms with Gasteiger partial charge in [-0.15, -0.1) is 0 Å². The number of benzene rings is 1. The lowest BCUT2D eigenvalue weighted by Crippen LogP contribution is -2.37. The molecule has 2 fully saturated rings. The van der Waals surface area contributed by atoms with E-state index in [2.05, 4.69) is 17.1 Å². The summed E-state index contributed by atoms with van der Waals surface area (Å²) in [7, 11) is 0. The van der Waals surface area contributed by atoms with E-state index in [-0.39, 0.29) is 29.7 Å². The SMILES string of the molecule is Nc1ccc(C(=O)N2C[C@H]3CN(C(=O)c4ccoc4)[C@@H](c4ccccc4)[C@H]3C2)cn1. The second-order valence-electron chi connectivity index (χ2n) is 7.93. The molecule has 3 aromatic rings. The van der Waals surface area contributed by atoms with Crippen LogP contribution in [0.15, 0.2) is 71.7 Å². The highest BCUT2D eigenvalue weighted by atomic mass is 16.3. The van der Waals surface area contributed by atoms with Crippen molar-refractivity contribution < 1.29 is 14.0 Å². The summed E-state index contributed by atoms with van der Waals surface area (Å²) in [6.07, 6.45) is 4.53.